The lowest BCUT2D eigenvalue weighted by molar-refractivity contribution is 0.105. The SMILES string of the molecule is Cc1cccn2nc(NCC(O)CO)nc12. The largest absolute Gasteiger partial charge is 0.394 e. The summed E-state index contributed by atoms with van der Waals surface area (Å²) < 4.78 is 1.67. The number of aliphatic hydroxyl groups is 2. The number of hydrogen-bond acceptors (Lipinski definition) is 5. The fourth-order valence-electron chi connectivity index (χ4n) is 1.39. The van der Waals surface area contributed by atoms with E-state index in [0.29, 0.717) is 5.95 Å². The van der Waals surface area contributed by atoms with Crippen molar-refractivity contribution in [2.24, 2.45) is 0 Å². The molecule has 6 heteroatoms. The molecule has 2 rings (SSSR count). The van der Waals surface area contributed by atoms with Crippen LogP contribution in [0.15, 0.2) is 18.3 Å². The summed E-state index contributed by atoms with van der Waals surface area (Å²) in [6.07, 6.45) is 1.01. The van der Waals surface area contributed by atoms with Crippen LogP contribution in [0.3, 0.4) is 0 Å². The Labute approximate surface area is 92.6 Å². The molecule has 0 radical (unpaired) electrons. The smallest absolute Gasteiger partial charge is 0.243 e. The molecule has 3 N–H and O–H groups in total. The fourth-order valence-corrected chi connectivity index (χ4v) is 1.39. The number of hydrogen-bond donors (Lipinski definition) is 3. The summed E-state index contributed by atoms with van der Waals surface area (Å²) in [5, 5.41) is 24.9. The first-order valence-electron chi connectivity index (χ1n) is 5.05. The van der Waals surface area contributed by atoms with Crippen molar-refractivity contribution in [1.82, 2.24) is 14.6 Å². The average molecular weight is 222 g/mol. The molecule has 16 heavy (non-hydrogen) atoms. The molecule has 1 atom stereocenters. The normalized spacial score (nSPS) is 12.9. The highest BCUT2D eigenvalue weighted by atomic mass is 16.3. The van der Waals surface area contributed by atoms with Crippen molar-refractivity contribution in [3.63, 3.8) is 0 Å². The Bertz CT molecular complexity index is 483. The van der Waals surface area contributed by atoms with Crippen LogP contribution in [0.25, 0.3) is 5.65 Å². The van der Waals surface area contributed by atoms with Crippen LogP contribution in [-0.2, 0) is 0 Å². The van der Waals surface area contributed by atoms with Crippen LogP contribution in [0.5, 0.6) is 0 Å². The Hall–Kier alpha value is -1.66. The van der Waals surface area contributed by atoms with Crippen LogP contribution in [-0.4, -0.2) is 44.1 Å². The second kappa shape index (κ2) is 4.46. The van der Waals surface area contributed by atoms with E-state index < -0.39 is 6.10 Å². The van der Waals surface area contributed by atoms with Crippen LogP contribution in [0, 0.1) is 6.92 Å². The molecule has 0 spiro atoms. The molecule has 1 unspecified atom stereocenters. The summed E-state index contributed by atoms with van der Waals surface area (Å²) in [6.45, 7) is 1.90. The van der Waals surface area contributed by atoms with Crippen LogP contribution in [0.2, 0.25) is 0 Å². The molecule has 0 fully saturated rings. The van der Waals surface area contributed by atoms with E-state index in [2.05, 4.69) is 15.4 Å². The maximum atomic E-state index is 9.17. The van der Waals surface area contributed by atoms with Gasteiger partial charge >= 0.3 is 0 Å². The molecule has 0 aromatic carbocycles. The first-order valence-corrected chi connectivity index (χ1v) is 5.05. The summed E-state index contributed by atoms with van der Waals surface area (Å²) in [6, 6.07) is 3.85. The lowest BCUT2D eigenvalue weighted by atomic mass is 10.3. The highest BCUT2D eigenvalue weighted by Crippen LogP contribution is 2.09. The lowest BCUT2D eigenvalue weighted by Crippen LogP contribution is -2.23. The molecule has 0 saturated heterocycles. The molecule has 6 nitrogen and oxygen atoms in total. The van der Waals surface area contributed by atoms with Gasteiger partial charge in [-0.1, -0.05) is 6.07 Å². The monoisotopic (exact) mass is 222 g/mol. The van der Waals surface area contributed by atoms with Gasteiger partial charge in [-0.2, -0.15) is 4.98 Å². The van der Waals surface area contributed by atoms with Crippen LogP contribution >= 0.6 is 0 Å². The van der Waals surface area contributed by atoms with Gasteiger partial charge in [0, 0.05) is 12.7 Å². The first kappa shape index (κ1) is 10.8. The second-order valence-corrected chi connectivity index (χ2v) is 3.61. The van der Waals surface area contributed by atoms with E-state index in [-0.39, 0.29) is 13.2 Å². The minimum absolute atomic E-state index is 0.229. The maximum Gasteiger partial charge on any atom is 0.243 e. The Morgan fingerprint density at radius 3 is 3.06 bits per heavy atom. The van der Waals surface area contributed by atoms with E-state index in [0.717, 1.165) is 11.2 Å². The van der Waals surface area contributed by atoms with Crippen molar-refractivity contribution in [3.8, 4) is 0 Å². The number of rotatable bonds is 4. The third kappa shape index (κ3) is 2.12. The summed E-state index contributed by atoms with van der Waals surface area (Å²) in [4.78, 5) is 4.27. The predicted octanol–water partition coefficient (Wildman–Crippen LogP) is -0.197. The van der Waals surface area contributed by atoms with Gasteiger partial charge in [-0.3, -0.25) is 0 Å². The van der Waals surface area contributed by atoms with Gasteiger partial charge < -0.3 is 15.5 Å². The number of fused-ring (bicyclic) bond motifs is 1. The number of nitrogens with one attached hydrogen (secondary N) is 1. The van der Waals surface area contributed by atoms with Gasteiger partial charge in [0.2, 0.25) is 5.95 Å². The van der Waals surface area contributed by atoms with Gasteiger partial charge in [-0.15, -0.1) is 5.10 Å². The second-order valence-electron chi connectivity index (χ2n) is 3.61. The minimum Gasteiger partial charge on any atom is -0.394 e. The van der Waals surface area contributed by atoms with Crippen molar-refractivity contribution in [2.45, 2.75) is 13.0 Å². The van der Waals surface area contributed by atoms with Gasteiger partial charge in [0.15, 0.2) is 5.65 Å². The fraction of sp³-hybridized carbons (Fsp3) is 0.400. The zero-order valence-electron chi connectivity index (χ0n) is 8.96. The van der Waals surface area contributed by atoms with Crippen LogP contribution in [0.1, 0.15) is 5.56 Å². The Morgan fingerprint density at radius 1 is 1.56 bits per heavy atom. The van der Waals surface area contributed by atoms with Gasteiger partial charge in [-0.05, 0) is 18.6 Å². The number of anilines is 1. The topological polar surface area (TPSA) is 82.7 Å². The van der Waals surface area contributed by atoms with E-state index in [1.165, 1.54) is 0 Å². The lowest BCUT2D eigenvalue weighted by Gasteiger charge is -2.05. The highest BCUT2D eigenvalue weighted by molar-refractivity contribution is 5.49. The van der Waals surface area contributed by atoms with Crippen molar-refractivity contribution in [3.05, 3.63) is 23.9 Å². The quantitative estimate of drug-likeness (QED) is 0.667. The molecule has 86 valence electrons. The van der Waals surface area contributed by atoms with Crippen molar-refractivity contribution in [1.29, 1.82) is 0 Å². The number of pyridine rings is 1. The predicted molar refractivity (Wildman–Crippen MR) is 59.3 cm³/mol. The van der Waals surface area contributed by atoms with Crippen molar-refractivity contribution >= 4 is 11.6 Å². The molecule has 2 aromatic heterocycles. The van der Waals surface area contributed by atoms with E-state index in [1.54, 1.807) is 4.52 Å². The van der Waals surface area contributed by atoms with E-state index in [1.807, 2.05) is 25.3 Å². The summed E-state index contributed by atoms with van der Waals surface area (Å²) >= 11 is 0. The summed E-state index contributed by atoms with van der Waals surface area (Å²) in [5.41, 5.74) is 1.81. The Balaban J connectivity index is 2.17. The zero-order chi connectivity index (χ0) is 11.5. The first-order chi connectivity index (χ1) is 7.70. The molecule has 0 bridgehead atoms. The molecule has 2 aromatic rings. The molecular weight excluding hydrogens is 208 g/mol. The minimum atomic E-state index is -0.798. The van der Waals surface area contributed by atoms with E-state index in [9.17, 15) is 5.11 Å². The molecular formula is C10H14N4O2. The third-order valence-electron chi connectivity index (χ3n) is 2.26. The third-order valence-corrected chi connectivity index (χ3v) is 2.26. The molecule has 0 aliphatic carbocycles. The molecule has 0 saturated carbocycles. The van der Waals surface area contributed by atoms with Crippen molar-refractivity contribution < 1.29 is 10.2 Å². The molecule has 0 aliphatic rings. The molecule has 2 heterocycles. The average Bonchev–Trinajstić information content (AvgIpc) is 2.70. The van der Waals surface area contributed by atoms with E-state index >= 15 is 0 Å². The van der Waals surface area contributed by atoms with Crippen LogP contribution in [0.4, 0.5) is 5.95 Å². The van der Waals surface area contributed by atoms with Crippen LogP contribution < -0.4 is 5.32 Å². The number of aryl methyl sites for hydroxylation is 1. The maximum absolute atomic E-state index is 9.17. The van der Waals surface area contributed by atoms with Gasteiger partial charge in [0.1, 0.15) is 0 Å². The summed E-state index contributed by atoms with van der Waals surface area (Å²) in [5.74, 6) is 0.446. The van der Waals surface area contributed by atoms with Gasteiger partial charge in [0.25, 0.3) is 0 Å². The highest BCUT2D eigenvalue weighted by Gasteiger charge is 2.06. The number of aromatic nitrogens is 3. The molecule has 0 aliphatic heterocycles. The zero-order valence-corrected chi connectivity index (χ0v) is 8.96. The molecule has 0 amide bonds. The number of nitrogens with zero attached hydrogens (tertiary/aromatic N) is 3. The van der Waals surface area contributed by atoms with Crippen molar-refractivity contribution in [2.75, 3.05) is 18.5 Å². The summed E-state index contributed by atoms with van der Waals surface area (Å²) in [7, 11) is 0. The van der Waals surface area contributed by atoms with E-state index in [4.69, 9.17) is 5.11 Å². The van der Waals surface area contributed by atoms with Gasteiger partial charge in [0.05, 0.1) is 12.7 Å². The van der Waals surface area contributed by atoms with Gasteiger partial charge in [-0.25, -0.2) is 4.52 Å². The number of aliphatic hydroxyl groups excluding tert-OH is 2. The standard InChI is InChI=1S/C10H14N4O2/c1-7-3-2-4-14-9(7)12-10(13-14)11-5-8(16)6-15/h2-4,8,15-16H,5-6H2,1H3,(H,11,13). The Kier molecular flexibility index (Phi) is 3.02. The Morgan fingerprint density at radius 2 is 2.38 bits per heavy atom.